The minimum Gasteiger partial charge on any atom is -0.394 e. The number of nitrogens with zero attached hydrogens (tertiary/aromatic N) is 1. The van der Waals surface area contributed by atoms with E-state index < -0.39 is 5.54 Å². The van der Waals surface area contributed by atoms with Gasteiger partial charge < -0.3 is 15.8 Å². The lowest BCUT2D eigenvalue weighted by Crippen LogP contribution is -2.48. The van der Waals surface area contributed by atoms with Crippen molar-refractivity contribution in [2.75, 3.05) is 6.61 Å². The van der Waals surface area contributed by atoms with E-state index in [4.69, 9.17) is 5.73 Å². The molecule has 4 N–H and O–H groups in total. The number of aliphatic hydroxyl groups is 1. The van der Waals surface area contributed by atoms with Gasteiger partial charge in [-0.25, -0.2) is 4.98 Å². The SMILES string of the molecule is NC1(CO)CCCC(Sc2nc3ccccc3[nH]2)C1. The predicted molar refractivity (Wildman–Crippen MR) is 78.2 cm³/mol. The van der Waals surface area contributed by atoms with Crippen LogP contribution >= 0.6 is 11.8 Å². The highest BCUT2D eigenvalue weighted by Gasteiger charge is 2.33. The van der Waals surface area contributed by atoms with Gasteiger partial charge in [0.15, 0.2) is 5.16 Å². The molecule has 3 rings (SSSR count). The van der Waals surface area contributed by atoms with Crippen LogP contribution in [0.2, 0.25) is 0 Å². The Morgan fingerprint density at radius 3 is 3.11 bits per heavy atom. The second kappa shape index (κ2) is 5.15. The zero-order valence-corrected chi connectivity index (χ0v) is 11.6. The number of hydrogen-bond acceptors (Lipinski definition) is 4. The second-order valence-electron chi connectivity index (χ2n) is 5.42. The molecule has 4 nitrogen and oxygen atoms in total. The number of thioether (sulfide) groups is 1. The van der Waals surface area contributed by atoms with E-state index >= 15 is 0 Å². The highest BCUT2D eigenvalue weighted by Crippen LogP contribution is 2.36. The predicted octanol–water partition coefficient (Wildman–Crippen LogP) is 2.29. The van der Waals surface area contributed by atoms with Crippen molar-refractivity contribution in [1.29, 1.82) is 0 Å². The summed E-state index contributed by atoms with van der Waals surface area (Å²) in [6.45, 7) is 0.0736. The van der Waals surface area contributed by atoms with Crippen molar-refractivity contribution in [2.45, 2.75) is 41.6 Å². The van der Waals surface area contributed by atoms with E-state index in [9.17, 15) is 5.11 Å². The summed E-state index contributed by atoms with van der Waals surface area (Å²) in [5.74, 6) is 0. The summed E-state index contributed by atoms with van der Waals surface area (Å²) < 4.78 is 0. The molecule has 0 bridgehead atoms. The fraction of sp³-hybridized carbons (Fsp3) is 0.500. The van der Waals surface area contributed by atoms with Gasteiger partial charge in [0.25, 0.3) is 0 Å². The van der Waals surface area contributed by atoms with Gasteiger partial charge in [-0.3, -0.25) is 0 Å². The third-order valence-electron chi connectivity index (χ3n) is 3.80. The number of aliphatic hydroxyl groups excluding tert-OH is 1. The molecule has 5 heteroatoms. The number of nitrogens with one attached hydrogen (secondary N) is 1. The van der Waals surface area contributed by atoms with Crippen LogP contribution in [0.25, 0.3) is 11.0 Å². The van der Waals surface area contributed by atoms with E-state index in [1.54, 1.807) is 11.8 Å². The maximum absolute atomic E-state index is 9.39. The summed E-state index contributed by atoms with van der Waals surface area (Å²) in [6, 6.07) is 8.05. The molecule has 2 unspecified atom stereocenters. The second-order valence-corrected chi connectivity index (χ2v) is 6.70. The number of para-hydroxylation sites is 2. The Morgan fingerprint density at radius 1 is 1.47 bits per heavy atom. The van der Waals surface area contributed by atoms with Crippen LogP contribution in [0.1, 0.15) is 25.7 Å². The summed E-state index contributed by atoms with van der Waals surface area (Å²) in [6.07, 6.45) is 3.99. The van der Waals surface area contributed by atoms with Gasteiger partial charge in [0, 0.05) is 10.8 Å². The molecule has 1 fully saturated rings. The molecule has 1 heterocycles. The average Bonchev–Trinajstić information content (AvgIpc) is 2.81. The molecule has 0 saturated heterocycles. The van der Waals surface area contributed by atoms with Crippen LogP contribution in [0, 0.1) is 0 Å². The van der Waals surface area contributed by atoms with Gasteiger partial charge in [-0.2, -0.15) is 0 Å². The third kappa shape index (κ3) is 2.78. The number of fused-ring (bicyclic) bond motifs is 1. The van der Waals surface area contributed by atoms with Crippen molar-refractivity contribution >= 4 is 22.8 Å². The van der Waals surface area contributed by atoms with Crippen LogP contribution in [-0.2, 0) is 0 Å². The number of rotatable bonds is 3. The maximum atomic E-state index is 9.39. The molecule has 1 aliphatic carbocycles. The minimum absolute atomic E-state index is 0.0736. The van der Waals surface area contributed by atoms with Gasteiger partial charge in [0.05, 0.1) is 17.6 Å². The van der Waals surface area contributed by atoms with Crippen LogP contribution in [0.15, 0.2) is 29.4 Å². The largest absolute Gasteiger partial charge is 0.394 e. The zero-order valence-electron chi connectivity index (χ0n) is 10.8. The van der Waals surface area contributed by atoms with Crippen LogP contribution in [0.4, 0.5) is 0 Å². The topological polar surface area (TPSA) is 74.9 Å². The molecular formula is C14H19N3OS. The van der Waals surface area contributed by atoms with Gasteiger partial charge in [-0.1, -0.05) is 30.3 Å². The number of hydrogen-bond donors (Lipinski definition) is 3. The Hall–Kier alpha value is -1.04. The Bertz CT molecular complexity index is 538. The fourth-order valence-corrected chi connectivity index (χ4v) is 4.06. The third-order valence-corrected chi connectivity index (χ3v) is 4.95. The molecule has 102 valence electrons. The molecule has 1 aromatic heterocycles. The molecule has 0 amide bonds. The zero-order chi connectivity index (χ0) is 13.3. The molecule has 0 radical (unpaired) electrons. The van der Waals surface area contributed by atoms with E-state index in [1.165, 1.54) is 0 Å². The monoisotopic (exact) mass is 277 g/mol. The lowest BCUT2D eigenvalue weighted by atomic mass is 9.83. The van der Waals surface area contributed by atoms with Crippen LogP contribution in [-0.4, -0.2) is 32.5 Å². The van der Waals surface area contributed by atoms with E-state index in [-0.39, 0.29) is 6.61 Å². The summed E-state index contributed by atoms with van der Waals surface area (Å²) >= 11 is 1.75. The summed E-state index contributed by atoms with van der Waals surface area (Å²) in [7, 11) is 0. The van der Waals surface area contributed by atoms with E-state index in [1.807, 2.05) is 24.3 Å². The van der Waals surface area contributed by atoms with Gasteiger partial charge in [-0.05, 0) is 31.4 Å². The summed E-state index contributed by atoms with van der Waals surface area (Å²) in [4.78, 5) is 7.92. The number of H-pyrrole nitrogens is 1. The quantitative estimate of drug-likeness (QED) is 0.804. The molecule has 1 aliphatic rings. The Morgan fingerprint density at radius 2 is 2.32 bits per heavy atom. The molecule has 0 spiro atoms. The van der Waals surface area contributed by atoms with Crippen molar-refractivity contribution < 1.29 is 5.11 Å². The Kier molecular flexibility index (Phi) is 3.52. The van der Waals surface area contributed by atoms with Crippen molar-refractivity contribution in [3.63, 3.8) is 0 Å². The van der Waals surface area contributed by atoms with Gasteiger partial charge in [-0.15, -0.1) is 0 Å². The van der Waals surface area contributed by atoms with Gasteiger partial charge in [0.1, 0.15) is 0 Å². The number of nitrogens with two attached hydrogens (primary N) is 1. The van der Waals surface area contributed by atoms with Crippen LogP contribution in [0.5, 0.6) is 0 Å². The summed E-state index contributed by atoms with van der Waals surface area (Å²) in [5, 5.41) is 10.8. The van der Waals surface area contributed by atoms with E-state index in [0.717, 1.165) is 41.9 Å². The maximum Gasteiger partial charge on any atom is 0.166 e. The first-order valence-corrected chi connectivity index (χ1v) is 7.58. The average molecular weight is 277 g/mol. The minimum atomic E-state index is -0.401. The summed E-state index contributed by atoms with van der Waals surface area (Å²) in [5.41, 5.74) is 7.86. The van der Waals surface area contributed by atoms with E-state index in [0.29, 0.717) is 5.25 Å². The lowest BCUT2D eigenvalue weighted by Gasteiger charge is -2.35. The molecule has 1 aromatic carbocycles. The van der Waals surface area contributed by atoms with Gasteiger partial charge in [0.2, 0.25) is 0 Å². The number of aromatic amines is 1. The van der Waals surface area contributed by atoms with Crippen molar-refractivity contribution in [3.8, 4) is 0 Å². The fourth-order valence-electron chi connectivity index (χ4n) is 2.73. The first-order valence-electron chi connectivity index (χ1n) is 6.70. The Balaban J connectivity index is 1.74. The highest BCUT2D eigenvalue weighted by atomic mass is 32.2. The smallest absolute Gasteiger partial charge is 0.166 e. The molecule has 2 aromatic rings. The number of aromatic nitrogens is 2. The van der Waals surface area contributed by atoms with Crippen molar-refractivity contribution in [1.82, 2.24) is 9.97 Å². The first kappa shape index (κ1) is 13.0. The van der Waals surface area contributed by atoms with Crippen molar-refractivity contribution in [2.24, 2.45) is 5.73 Å². The molecule has 1 saturated carbocycles. The van der Waals surface area contributed by atoms with Crippen LogP contribution < -0.4 is 5.73 Å². The van der Waals surface area contributed by atoms with E-state index in [2.05, 4.69) is 9.97 Å². The standard InChI is InChI=1S/C14H19N3OS/c15-14(9-18)7-3-4-10(8-14)19-13-16-11-5-1-2-6-12(11)17-13/h1-2,5-6,10,18H,3-4,7-9,15H2,(H,16,17). The lowest BCUT2D eigenvalue weighted by molar-refractivity contribution is 0.159. The number of imidazole rings is 1. The highest BCUT2D eigenvalue weighted by molar-refractivity contribution is 7.99. The number of benzene rings is 1. The van der Waals surface area contributed by atoms with Crippen LogP contribution in [0.3, 0.4) is 0 Å². The van der Waals surface area contributed by atoms with Gasteiger partial charge >= 0.3 is 0 Å². The molecule has 0 aliphatic heterocycles. The first-order chi connectivity index (χ1) is 9.18. The molecule has 19 heavy (non-hydrogen) atoms. The Labute approximate surface area is 116 Å². The normalized spacial score (nSPS) is 27.8. The molecule has 2 atom stereocenters. The van der Waals surface area contributed by atoms with Crippen molar-refractivity contribution in [3.05, 3.63) is 24.3 Å². The molecular weight excluding hydrogens is 258 g/mol.